The standard InChI is InChI=1S/C20H19ClFN3O3/c1-3-12(2)25-19(27)14-6-4-5-7-17(14)24(20(25)28)11-18(26)23-16-9-8-13(22)10-15(16)21/h4-10,12H,3,11H2,1-2H3,(H,23,26)/t12-/m1/s1. The highest BCUT2D eigenvalue weighted by Crippen LogP contribution is 2.22. The lowest BCUT2D eigenvalue weighted by molar-refractivity contribution is -0.116. The number of carbonyl (C=O) groups excluding carboxylic acids is 1. The highest BCUT2D eigenvalue weighted by atomic mass is 35.5. The maximum atomic E-state index is 13.2. The van der Waals surface area contributed by atoms with Crippen molar-refractivity contribution >= 4 is 34.1 Å². The Kier molecular flexibility index (Phi) is 5.65. The number of aromatic nitrogens is 2. The van der Waals surface area contributed by atoms with Crippen molar-refractivity contribution in [2.24, 2.45) is 0 Å². The van der Waals surface area contributed by atoms with Crippen LogP contribution in [0.3, 0.4) is 0 Å². The summed E-state index contributed by atoms with van der Waals surface area (Å²) in [6.07, 6.45) is 0.588. The quantitative estimate of drug-likeness (QED) is 0.707. The molecule has 0 aliphatic rings. The maximum absolute atomic E-state index is 13.2. The van der Waals surface area contributed by atoms with Gasteiger partial charge in [-0.15, -0.1) is 0 Å². The summed E-state index contributed by atoms with van der Waals surface area (Å²) in [6, 6.07) is 9.94. The normalized spacial score (nSPS) is 12.1. The highest BCUT2D eigenvalue weighted by Gasteiger charge is 2.18. The molecule has 0 saturated carbocycles. The lowest BCUT2D eigenvalue weighted by Crippen LogP contribution is -2.43. The fourth-order valence-electron chi connectivity index (χ4n) is 2.99. The predicted octanol–water partition coefficient (Wildman–Crippen LogP) is 3.57. The van der Waals surface area contributed by atoms with E-state index in [1.165, 1.54) is 21.3 Å². The van der Waals surface area contributed by atoms with Crippen LogP contribution < -0.4 is 16.6 Å². The Morgan fingerprint density at radius 2 is 1.93 bits per heavy atom. The number of benzene rings is 2. The third-order valence-electron chi connectivity index (χ3n) is 4.62. The van der Waals surface area contributed by atoms with Crippen molar-refractivity contribution in [2.45, 2.75) is 32.9 Å². The Labute approximate surface area is 165 Å². The van der Waals surface area contributed by atoms with Gasteiger partial charge in [0, 0.05) is 6.04 Å². The van der Waals surface area contributed by atoms with E-state index in [9.17, 15) is 18.8 Å². The zero-order chi connectivity index (χ0) is 20.4. The molecule has 3 rings (SSSR count). The van der Waals surface area contributed by atoms with Crippen molar-refractivity contribution in [1.29, 1.82) is 0 Å². The molecule has 0 saturated heterocycles. The summed E-state index contributed by atoms with van der Waals surface area (Å²) in [4.78, 5) is 38.3. The molecule has 0 spiro atoms. The number of para-hydroxylation sites is 1. The van der Waals surface area contributed by atoms with Gasteiger partial charge in [0.1, 0.15) is 12.4 Å². The molecule has 0 aliphatic heterocycles. The van der Waals surface area contributed by atoms with Gasteiger partial charge in [0.25, 0.3) is 5.56 Å². The molecule has 0 fully saturated rings. The Morgan fingerprint density at radius 1 is 1.21 bits per heavy atom. The number of anilines is 1. The molecule has 1 atom stereocenters. The summed E-state index contributed by atoms with van der Waals surface area (Å²) >= 11 is 5.94. The van der Waals surface area contributed by atoms with E-state index in [0.29, 0.717) is 17.3 Å². The van der Waals surface area contributed by atoms with Crippen molar-refractivity contribution < 1.29 is 9.18 Å². The first-order valence-electron chi connectivity index (χ1n) is 8.82. The van der Waals surface area contributed by atoms with Crippen LogP contribution in [-0.4, -0.2) is 15.0 Å². The molecule has 0 bridgehead atoms. The van der Waals surface area contributed by atoms with E-state index in [2.05, 4.69) is 5.32 Å². The van der Waals surface area contributed by atoms with Crippen molar-refractivity contribution in [3.05, 3.63) is 74.1 Å². The third kappa shape index (κ3) is 3.71. The van der Waals surface area contributed by atoms with Crippen LogP contribution >= 0.6 is 11.6 Å². The van der Waals surface area contributed by atoms with Gasteiger partial charge in [-0.1, -0.05) is 30.7 Å². The fraction of sp³-hybridized carbons (Fsp3) is 0.250. The second-order valence-corrected chi connectivity index (χ2v) is 6.90. The number of halogens is 2. The van der Waals surface area contributed by atoms with Crippen LogP contribution in [0.1, 0.15) is 26.3 Å². The summed E-state index contributed by atoms with van der Waals surface area (Å²) in [5.74, 6) is -1.04. The van der Waals surface area contributed by atoms with Crippen molar-refractivity contribution in [2.75, 3.05) is 5.32 Å². The van der Waals surface area contributed by atoms with Gasteiger partial charge >= 0.3 is 5.69 Å². The lowest BCUT2D eigenvalue weighted by Gasteiger charge is -2.17. The molecule has 2 aromatic carbocycles. The van der Waals surface area contributed by atoms with Gasteiger partial charge in [0.2, 0.25) is 5.91 Å². The van der Waals surface area contributed by atoms with Crippen LogP contribution in [0.25, 0.3) is 10.9 Å². The summed E-state index contributed by atoms with van der Waals surface area (Å²) < 4.78 is 15.6. The minimum absolute atomic E-state index is 0.0510. The van der Waals surface area contributed by atoms with E-state index in [1.54, 1.807) is 31.2 Å². The van der Waals surface area contributed by atoms with Gasteiger partial charge < -0.3 is 5.32 Å². The topological polar surface area (TPSA) is 73.1 Å². The van der Waals surface area contributed by atoms with Gasteiger partial charge in [0.15, 0.2) is 0 Å². The van der Waals surface area contributed by atoms with Crippen LogP contribution in [0.15, 0.2) is 52.1 Å². The Morgan fingerprint density at radius 3 is 2.61 bits per heavy atom. The lowest BCUT2D eigenvalue weighted by atomic mass is 10.2. The van der Waals surface area contributed by atoms with Crippen molar-refractivity contribution in [3.8, 4) is 0 Å². The summed E-state index contributed by atoms with van der Waals surface area (Å²) in [6.45, 7) is 3.34. The molecule has 1 amide bonds. The molecule has 0 unspecified atom stereocenters. The largest absolute Gasteiger partial charge is 0.332 e. The smallest absolute Gasteiger partial charge is 0.323 e. The Bertz CT molecular complexity index is 1170. The molecule has 8 heteroatoms. The van der Waals surface area contributed by atoms with Crippen LogP contribution in [0.4, 0.5) is 10.1 Å². The van der Waals surface area contributed by atoms with Crippen LogP contribution in [-0.2, 0) is 11.3 Å². The number of carbonyl (C=O) groups is 1. The molecular formula is C20H19ClFN3O3. The minimum Gasteiger partial charge on any atom is -0.323 e. The monoisotopic (exact) mass is 403 g/mol. The summed E-state index contributed by atoms with van der Waals surface area (Å²) in [5.41, 5.74) is -0.329. The summed E-state index contributed by atoms with van der Waals surface area (Å²) in [5, 5.41) is 2.98. The first kappa shape index (κ1) is 19.8. The first-order valence-corrected chi connectivity index (χ1v) is 9.20. The van der Waals surface area contributed by atoms with E-state index >= 15 is 0 Å². The number of nitrogens with one attached hydrogen (secondary N) is 1. The minimum atomic E-state index is -0.557. The van der Waals surface area contributed by atoms with Crippen molar-refractivity contribution in [1.82, 2.24) is 9.13 Å². The van der Waals surface area contributed by atoms with Gasteiger partial charge in [-0.25, -0.2) is 9.18 Å². The number of hydrogen-bond acceptors (Lipinski definition) is 3. The average molecular weight is 404 g/mol. The van der Waals surface area contributed by atoms with E-state index < -0.39 is 17.4 Å². The van der Waals surface area contributed by atoms with Gasteiger partial charge in [-0.05, 0) is 43.7 Å². The van der Waals surface area contributed by atoms with Gasteiger partial charge in [-0.2, -0.15) is 0 Å². The molecule has 1 N–H and O–H groups in total. The zero-order valence-corrected chi connectivity index (χ0v) is 16.2. The first-order chi connectivity index (χ1) is 13.3. The number of amides is 1. The Hall–Kier alpha value is -2.93. The van der Waals surface area contributed by atoms with Gasteiger partial charge in [0.05, 0.1) is 21.6 Å². The van der Waals surface area contributed by atoms with E-state index in [1.807, 2.05) is 6.92 Å². The summed E-state index contributed by atoms with van der Waals surface area (Å²) in [7, 11) is 0. The van der Waals surface area contributed by atoms with E-state index in [-0.39, 0.29) is 28.9 Å². The van der Waals surface area contributed by atoms with E-state index in [4.69, 9.17) is 11.6 Å². The SMILES string of the molecule is CC[C@@H](C)n1c(=O)c2ccccc2n(CC(=O)Nc2ccc(F)cc2Cl)c1=O. The highest BCUT2D eigenvalue weighted by molar-refractivity contribution is 6.33. The van der Waals surface area contributed by atoms with Crippen LogP contribution in [0.5, 0.6) is 0 Å². The van der Waals surface area contributed by atoms with Crippen LogP contribution in [0, 0.1) is 5.82 Å². The van der Waals surface area contributed by atoms with Crippen molar-refractivity contribution in [3.63, 3.8) is 0 Å². The molecule has 3 aromatic rings. The molecule has 0 aliphatic carbocycles. The van der Waals surface area contributed by atoms with E-state index in [0.717, 1.165) is 6.07 Å². The molecule has 1 aromatic heterocycles. The number of rotatable bonds is 5. The molecule has 146 valence electrons. The average Bonchev–Trinajstić information content (AvgIpc) is 2.67. The number of fused-ring (bicyclic) bond motifs is 1. The number of hydrogen-bond donors (Lipinski definition) is 1. The number of nitrogens with zero attached hydrogens (tertiary/aromatic N) is 2. The van der Waals surface area contributed by atoms with Crippen LogP contribution in [0.2, 0.25) is 5.02 Å². The zero-order valence-electron chi connectivity index (χ0n) is 15.4. The molecular weight excluding hydrogens is 385 g/mol. The molecule has 28 heavy (non-hydrogen) atoms. The van der Waals surface area contributed by atoms with Gasteiger partial charge in [-0.3, -0.25) is 18.7 Å². The maximum Gasteiger partial charge on any atom is 0.332 e. The Balaban J connectivity index is 2.06. The molecule has 0 radical (unpaired) electrons. The second kappa shape index (κ2) is 7.98. The molecule has 1 heterocycles. The second-order valence-electron chi connectivity index (χ2n) is 6.49. The fourth-order valence-corrected chi connectivity index (χ4v) is 3.20. The molecule has 6 nitrogen and oxygen atoms in total. The predicted molar refractivity (Wildman–Crippen MR) is 108 cm³/mol. The third-order valence-corrected chi connectivity index (χ3v) is 4.93.